The zero-order chi connectivity index (χ0) is 22.2. The van der Waals surface area contributed by atoms with E-state index < -0.39 is 0 Å². The van der Waals surface area contributed by atoms with Crippen LogP contribution in [0.3, 0.4) is 0 Å². The molecule has 3 rings (SSSR count). The molecule has 2 heterocycles. The molecule has 31 heavy (non-hydrogen) atoms. The van der Waals surface area contributed by atoms with Crippen molar-refractivity contribution in [2.75, 3.05) is 38.1 Å². The SMILES string of the molecule is CCNC(=NCc1cccnc1N1CCCC(C(N)=O)C1)N(C)CC1CCC(C)CC1. The van der Waals surface area contributed by atoms with Crippen molar-refractivity contribution in [3.05, 3.63) is 23.9 Å². The number of aliphatic imine (C=N–C) groups is 1. The highest BCUT2D eigenvalue weighted by Crippen LogP contribution is 2.29. The number of pyridine rings is 1. The summed E-state index contributed by atoms with van der Waals surface area (Å²) >= 11 is 0. The lowest BCUT2D eigenvalue weighted by atomic mass is 9.83. The number of primary amides is 1. The molecule has 1 aromatic heterocycles. The maximum absolute atomic E-state index is 11.7. The van der Waals surface area contributed by atoms with Crippen LogP contribution >= 0.6 is 0 Å². The fourth-order valence-corrected chi connectivity index (χ4v) is 4.86. The minimum atomic E-state index is -0.214. The molecule has 2 fully saturated rings. The van der Waals surface area contributed by atoms with E-state index in [0.29, 0.717) is 13.1 Å². The van der Waals surface area contributed by atoms with Gasteiger partial charge in [0.1, 0.15) is 5.82 Å². The first-order valence-electron chi connectivity index (χ1n) is 12.0. The summed E-state index contributed by atoms with van der Waals surface area (Å²) in [4.78, 5) is 25.8. The zero-order valence-electron chi connectivity index (χ0n) is 19.5. The van der Waals surface area contributed by atoms with Gasteiger partial charge in [-0.25, -0.2) is 9.98 Å². The number of rotatable bonds is 7. The summed E-state index contributed by atoms with van der Waals surface area (Å²) in [6.07, 6.45) is 8.94. The highest BCUT2D eigenvalue weighted by molar-refractivity contribution is 5.80. The molecule has 7 nitrogen and oxygen atoms in total. The van der Waals surface area contributed by atoms with Crippen LogP contribution in [0.5, 0.6) is 0 Å². The predicted molar refractivity (Wildman–Crippen MR) is 127 cm³/mol. The molecule has 1 saturated carbocycles. The van der Waals surface area contributed by atoms with Crippen molar-refractivity contribution < 1.29 is 4.79 Å². The Hall–Kier alpha value is -2.31. The van der Waals surface area contributed by atoms with Crippen molar-refractivity contribution in [2.24, 2.45) is 28.5 Å². The molecule has 0 radical (unpaired) electrons. The number of nitrogens with zero attached hydrogens (tertiary/aromatic N) is 4. The summed E-state index contributed by atoms with van der Waals surface area (Å²) in [5, 5.41) is 3.45. The fraction of sp³-hybridized carbons (Fsp3) is 0.708. The summed E-state index contributed by atoms with van der Waals surface area (Å²) < 4.78 is 0. The molecular weight excluding hydrogens is 388 g/mol. The number of hydrogen-bond donors (Lipinski definition) is 2. The van der Waals surface area contributed by atoms with Crippen LogP contribution in [0.2, 0.25) is 0 Å². The van der Waals surface area contributed by atoms with Crippen molar-refractivity contribution in [3.63, 3.8) is 0 Å². The average molecular weight is 429 g/mol. The van der Waals surface area contributed by atoms with Crippen molar-refractivity contribution in [1.29, 1.82) is 0 Å². The van der Waals surface area contributed by atoms with Gasteiger partial charge in [0.05, 0.1) is 12.5 Å². The van der Waals surface area contributed by atoms with Gasteiger partial charge in [0.15, 0.2) is 5.96 Å². The third kappa shape index (κ3) is 6.58. The first kappa shape index (κ1) is 23.4. The van der Waals surface area contributed by atoms with Gasteiger partial charge >= 0.3 is 0 Å². The molecule has 7 heteroatoms. The molecule has 172 valence electrons. The van der Waals surface area contributed by atoms with Gasteiger partial charge in [0.2, 0.25) is 5.91 Å². The first-order valence-corrected chi connectivity index (χ1v) is 12.0. The summed E-state index contributed by atoms with van der Waals surface area (Å²) in [5.41, 5.74) is 6.66. The summed E-state index contributed by atoms with van der Waals surface area (Å²) in [6, 6.07) is 4.05. The van der Waals surface area contributed by atoms with E-state index in [9.17, 15) is 4.79 Å². The van der Waals surface area contributed by atoms with Gasteiger partial charge in [0, 0.05) is 45.0 Å². The van der Waals surface area contributed by atoms with Crippen LogP contribution in [-0.2, 0) is 11.3 Å². The van der Waals surface area contributed by atoms with E-state index in [0.717, 1.165) is 61.7 Å². The number of carbonyl (C=O) groups excluding carboxylic acids is 1. The number of carbonyl (C=O) groups is 1. The number of piperidine rings is 1. The lowest BCUT2D eigenvalue weighted by Gasteiger charge is -2.33. The van der Waals surface area contributed by atoms with E-state index in [-0.39, 0.29) is 11.8 Å². The van der Waals surface area contributed by atoms with Gasteiger partial charge in [0.25, 0.3) is 0 Å². The van der Waals surface area contributed by atoms with E-state index in [4.69, 9.17) is 10.7 Å². The number of guanidine groups is 1. The van der Waals surface area contributed by atoms with Crippen molar-refractivity contribution >= 4 is 17.7 Å². The molecule has 1 aliphatic heterocycles. The molecule has 1 unspecified atom stereocenters. The maximum atomic E-state index is 11.7. The summed E-state index contributed by atoms with van der Waals surface area (Å²) in [5.74, 6) is 3.18. The topological polar surface area (TPSA) is 86.9 Å². The Morgan fingerprint density at radius 1 is 1.32 bits per heavy atom. The van der Waals surface area contributed by atoms with E-state index in [1.165, 1.54) is 25.7 Å². The normalized spacial score (nSPS) is 24.7. The Labute approximate surface area is 187 Å². The van der Waals surface area contributed by atoms with Crippen molar-refractivity contribution in [1.82, 2.24) is 15.2 Å². The van der Waals surface area contributed by atoms with Gasteiger partial charge in [-0.3, -0.25) is 4.79 Å². The van der Waals surface area contributed by atoms with E-state index in [2.05, 4.69) is 47.1 Å². The van der Waals surface area contributed by atoms with Gasteiger partial charge in [-0.2, -0.15) is 0 Å². The number of nitrogens with two attached hydrogens (primary N) is 1. The zero-order valence-corrected chi connectivity index (χ0v) is 19.5. The minimum Gasteiger partial charge on any atom is -0.369 e. The lowest BCUT2D eigenvalue weighted by Crippen LogP contribution is -2.42. The van der Waals surface area contributed by atoms with Crippen molar-refractivity contribution in [3.8, 4) is 0 Å². The average Bonchev–Trinajstić information content (AvgIpc) is 2.78. The highest BCUT2D eigenvalue weighted by atomic mass is 16.1. The largest absolute Gasteiger partial charge is 0.369 e. The molecule has 1 aliphatic carbocycles. The lowest BCUT2D eigenvalue weighted by molar-refractivity contribution is -0.122. The molecule has 3 N–H and O–H groups in total. The number of anilines is 1. The van der Waals surface area contributed by atoms with Crippen LogP contribution in [0, 0.1) is 17.8 Å². The number of hydrogen-bond acceptors (Lipinski definition) is 4. The maximum Gasteiger partial charge on any atom is 0.222 e. The third-order valence-corrected chi connectivity index (χ3v) is 6.75. The molecule has 1 aromatic rings. The van der Waals surface area contributed by atoms with Crippen LogP contribution in [-0.4, -0.2) is 55.0 Å². The second kappa shape index (κ2) is 11.3. The molecule has 0 spiro atoms. The Bertz CT molecular complexity index is 743. The minimum absolute atomic E-state index is 0.103. The number of nitrogens with one attached hydrogen (secondary N) is 1. The number of amides is 1. The summed E-state index contributed by atoms with van der Waals surface area (Å²) in [6.45, 7) is 8.47. The van der Waals surface area contributed by atoms with Gasteiger partial charge in [-0.05, 0) is 50.5 Å². The van der Waals surface area contributed by atoms with Gasteiger partial charge in [-0.1, -0.05) is 25.8 Å². The highest BCUT2D eigenvalue weighted by Gasteiger charge is 2.26. The van der Waals surface area contributed by atoms with Crippen LogP contribution in [0.1, 0.15) is 57.9 Å². The summed E-state index contributed by atoms with van der Waals surface area (Å²) in [7, 11) is 2.14. The molecule has 1 atom stereocenters. The molecular formula is C24H40N6O. The predicted octanol–water partition coefficient (Wildman–Crippen LogP) is 3.01. The molecule has 2 aliphatic rings. The van der Waals surface area contributed by atoms with Gasteiger partial charge < -0.3 is 20.9 Å². The Morgan fingerprint density at radius 3 is 2.81 bits per heavy atom. The van der Waals surface area contributed by atoms with Crippen LogP contribution in [0.25, 0.3) is 0 Å². The Balaban J connectivity index is 1.68. The van der Waals surface area contributed by atoms with Gasteiger partial charge in [-0.15, -0.1) is 0 Å². The van der Waals surface area contributed by atoms with E-state index in [1.807, 2.05) is 12.3 Å². The first-order chi connectivity index (χ1) is 15.0. The van der Waals surface area contributed by atoms with Crippen LogP contribution < -0.4 is 16.0 Å². The number of aromatic nitrogens is 1. The van der Waals surface area contributed by atoms with E-state index in [1.54, 1.807) is 0 Å². The van der Waals surface area contributed by atoms with Crippen LogP contribution in [0.15, 0.2) is 23.3 Å². The Morgan fingerprint density at radius 2 is 2.10 bits per heavy atom. The fourth-order valence-electron chi connectivity index (χ4n) is 4.86. The molecule has 0 bridgehead atoms. The standard InChI is InChI=1S/C24H40N6O/c1-4-26-24(29(3)16-19-11-9-18(2)10-12-19)28-15-20-7-5-13-27-23(20)30-14-6-8-21(17-30)22(25)31/h5,7,13,18-19,21H,4,6,8-12,14-17H2,1-3H3,(H2,25,31)(H,26,28). The second-order valence-electron chi connectivity index (χ2n) is 9.35. The van der Waals surface area contributed by atoms with E-state index >= 15 is 0 Å². The molecule has 0 aromatic carbocycles. The monoisotopic (exact) mass is 428 g/mol. The van der Waals surface area contributed by atoms with Crippen LogP contribution in [0.4, 0.5) is 5.82 Å². The quantitative estimate of drug-likeness (QED) is 0.515. The van der Waals surface area contributed by atoms with Crippen molar-refractivity contribution in [2.45, 2.75) is 58.9 Å². The molecule has 1 amide bonds. The molecule has 1 saturated heterocycles. The Kier molecular flexibility index (Phi) is 8.55. The smallest absolute Gasteiger partial charge is 0.222 e. The third-order valence-electron chi connectivity index (χ3n) is 6.75. The second-order valence-corrected chi connectivity index (χ2v) is 9.35.